The van der Waals surface area contributed by atoms with Crippen molar-refractivity contribution in [2.75, 3.05) is 7.11 Å². The van der Waals surface area contributed by atoms with Gasteiger partial charge < -0.3 is 10.1 Å². The van der Waals surface area contributed by atoms with Crippen LogP contribution in [0.1, 0.15) is 23.5 Å². The second kappa shape index (κ2) is 5.32. The molecular formula is C13H15N3OS2. The Hall–Kier alpha value is -1.37. The molecule has 0 radical (unpaired) electrons. The van der Waals surface area contributed by atoms with Gasteiger partial charge in [-0.05, 0) is 18.4 Å². The number of fused-ring (bicyclic) bond motifs is 1. The van der Waals surface area contributed by atoms with E-state index < -0.39 is 0 Å². The maximum absolute atomic E-state index is 5.35. The molecule has 3 aromatic heterocycles. The lowest BCUT2D eigenvalue weighted by Gasteiger charge is -2.12. The predicted molar refractivity (Wildman–Crippen MR) is 79.2 cm³/mol. The van der Waals surface area contributed by atoms with E-state index in [1.54, 1.807) is 29.8 Å². The van der Waals surface area contributed by atoms with Crippen LogP contribution in [0.2, 0.25) is 0 Å². The van der Waals surface area contributed by atoms with E-state index in [0.717, 1.165) is 17.2 Å². The number of nitrogens with one attached hydrogen (secondary N) is 1. The molecule has 3 rings (SSSR count). The Bertz CT molecular complexity index is 657. The van der Waals surface area contributed by atoms with E-state index in [0.29, 0.717) is 11.9 Å². The summed E-state index contributed by atoms with van der Waals surface area (Å²) in [4.78, 5) is 6.76. The van der Waals surface area contributed by atoms with Crippen LogP contribution in [0.25, 0.3) is 4.96 Å². The van der Waals surface area contributed by atoms with Crippen LogP contribution in [0.5, 0.6) is 5.88 Å². The molecule has 0 aliphatic rings. The molecule has 0 aliphatic heterocycles. The lowest BCUT2D eigenvalue weighted by Crippen LogP contribution is -2.18. The Morgan fingerprint density at radius 3 is 3.05 bits per heavy atom. The maximum Gasteiger partial charge on any atom is 0.237 e. The zero-order valence-corrected chi connectivity index (χ0v) is 12.4. The van der Waals surface area contributed by atoms with Gasteiger partial charge in [-0.25, -0.2) is 0 Å². The third kappa shape index (κ3) is 2.39. The van der Waals surface area contributed by atoms with Crippen LogP contribution in [0, 0.1) is 0 Å². The van der Waals surface area contributed by atoms with Gasteiger partial charge in [0.15, 0.2) is 4.96 Å². The summed E-state index contributed by atoms with van der Waals surface area (Å²) < 4.78 is 7.43. The molecule has 0 bridgehead atoms. The van der Waals surface area contributed by atoms with Crippen molar-refractivity contribution in [3.63, 3.8) is 0 Å². The second-order valence-electron chi connectivity index (χ2n) is 4.24. The van der Waals surface area contributed by atoms with E-state index in [2.05, 4.69) is 39.1 Å². The van der Waals surface area contributed by atoms with Gasteiger partial charge in [-0.2, -0.15) is 4.98 Å². The lowest BCUT2D eigenvalue weighted by molar-refractivity contribution is 0.391. The fourth-order valence-electron chi connectivity index (χ4n) is 2.03. The smallest absolute Gasteiger partial charge is 0.237 e. The quantitative estimate of drug-likeness (QED) is 0.784. The number of thiazole rings is 1. The second-order valence-corrected chi connectivity index (χ2v) is 6.09. The normalized spacial score (nSPS) is 12.9. The molecule has 0 fully saturated rings. The summed E-state index contributed by atoms with van der Waals surface area (Å²) in [7, 11) is 1.67. The van der Waals surface area contributed by atoms with Crippen molar-refractivity contribution in [3.05, 3.63) is 39.7 Å². The molecule has 1 N–H and O–H groups in total. The van der Waals surface area contributed by atoms with Crippen molar-refractivity contribution in [1.29, 1.82) is 0 Å². The van der Waals surface area contributed by atoms with Crippen LogP contribution in [-0.4, -0.2) is 16.5 Å². The molecule has 0 aliphatic carbocycles. The summed E-state index contributed by atoms with van der Waals surface area (Å²) in [6.45, 7) is 2.91. The standard InChI is InChI=1S/C13H15N3OS2/c1-9(11-4-3-6-18-11)14-8-10-12(17-2)15-13-16(10)5-7-19-13/h3-7,9,14H,8H2,1-2H3/t9-/m0/s1. The minimum Gasteiger partial charge on any atom is -0.480 e. The number of aromatic nitrogens is 2. The van der Waals surface area contributed by atoms with Gasteiger partial charge in [-0.15, -0.1) is 22.7 Å². The van der Waals surface area contributed by atoms with Crippen LogP contribution in [0.4, 0.5) is 0 Å². The van der Waals surface area contributed by atoms with Crippen molar-refractivity contribution in [3.8, 4) is 5.88 Å². The Morgan fingerprint density at radius 2 is 2.32 bits per heavy atom. The molecule has 4 nitrogen and oxygen atoms in total. The van der Waals surface area contributed by atoms with Gasteiger partial charge in [0.05, 0.1) is 7.11 Å². The van der Waals surface area contributed by atoms with Crippen LogP contribution < -0.4 is 10.1 Å². The molecular weight excluding hydrogens is 278 g/mol. The van der Waals surface area contributed by atoms with E-state index in [1.807, 2.05) is 11.6 Å². The van der Waals surface area contributed by atoms with Gasteiger partial charge in [-0.1, -0.05) is 6.07 Å². The number of nitrogens with zero attached hydrogens (tertiary/aromatic N) is 2. The third-order valence-electron chi connectivity index (χ3n) is 3.06. The zero-order chi connectivity index (χ0) is 13.2. The number of rotatable bonds is 5. The summed E-state index contributed by atoms with van der Waals surface area (Å²) in [5, 5.41) is 7.66. The topological polar surface area (TPSA) is 38.6 Å². The van der Waals surface area contributed by atoms with Crippen LogP contribution in [0.3, 0.4) is 0 Å². The average molecular weight is 293 g/mol. The Morgan fingerprint density at radius 1 is 1.42 bits per heavy atom. The number of imidazole rings is 1. The number of hydrogen-bond acceptors (Lipinski definition) is 5. The van der Waals surface area contributed by atoms with Crippen molar-refractivity contribution >= 4 is 27.6 Å². The Kier molecular flexibility index (Phi) is 3.54. The van der Waals surface area contributed by atoms with Gasteiger partial charge in [0.2, 0.25) is 5.88 Å². The molecule has 0 saturated carbocycles. The van der Waals surface area contributed by atoms with E-state index in [-0.39, 0.29) is 0 Å². The van der Waals surface area contributed by atoms with Gasteiger partial charge in [0.25, 0.3) is 0 Å². The van der Waals surface area contributed by atoms with Gasteiger partial charge in [0.1, 0.15) is 5.69 Å². The first kappa shape index (κ1) is 12.7. The zero-order valence-electron chi connectivity index (χ0n) is 10.8. The van der Waals surface area contributed by atoms with Gasteiger partial charge >= 0.3 is 0 Å². The van der Waals surface area contributed by atoms with E-state index in [9.17, 15) is 0 Å². The SMILES string of the molecule is COc1nc2sccn2c1CN[C@@H](C)c1cccs1. The van der Waals surface area contributed by atoms with E-state index in [4.69, 9.17) is 4.74 Å². The molecule has 3 heterocycles. The average Bonchev–Trinajstić information content (AvgIpc) is 3.12. The molecule has 1 atom stereocenters. The number of methoxy groups -OCH3 is 1. The Labute approximate surface area is 119 Å². The highest BCUT2D eigenvalue weighted by molar-refractivity contribution is 7.15. The summed E-state index contributed by atoms with van der Waals surface area (Å²) in [5.74, 6) is 0.706. The summed E-state index contributed by atoms with van der Waals surface area (Å²) in [6.07, 6.45) is 2.03. The summed E-state index contributed by atoms with van der Waals surface area (Å²) in [5.41, 5.74) is 1.07. The predicted octanol–water partition coefficient (Wildman–Crippen LogP) is 3.32. The van der Waals surface area contributed by atoms with Crippen molar-refractivity contribution < 1.29 is 4.74 Å². The first-order chi connectivity index (χ1) is 9.29. The van der Waals surface area contributed by atoms with Crippen LogP contribution >= 0.6 is 22.7 Å². The van der Waals surface area contributed by atoms with E-state index in [1.165, 1.54) is 4.88 Å². The Balaban J connectivity index is 1.79. The molecule has 19 heavy (non-hydrogen) atoms. The van der Waals surface area contributed by atoms with Crippen molar-refractivity contribution in [2.24, 2.45) is 0 Å². The van der Waals surface area contributed by atoms with Crippen LogP contribution in [-0.2, 0) is 6.54 Å². The minimum absolute atomic E-state index is 0.328. The highest BCUT2D eigenvalue weighted by atomic mass is 32.1. The van der Waals surface area contributed by atoms with Gasteiger partial charge in [0, 0.05) is 29.0 Å². The molecule has 6 heteroatoms. The van der Waals surface area contributed by atoms with E-state index >= 15 is 0 Å². The highest BCUT2D eigenvalue weighted by Gasteiger charge is 2.15. The molecule has 100 valence electrons. The maximum atomic E-state index is 5.35. The third-order valence-corrected chi connectivity index (χ3v) is 4.87. The molecule has 3 aromatic rings. The van der Waals surface area contributed by atoms with Crippen molar-refractivity contribution in [2.45, 2.75) is 19.5 Å². The monoisotopic (exact) mass is 293 g/mol. The highest BCUT2D eigenvalue weighted by Crippen LogP contribution is 2.24. The fourth-order valence-corrected chi connectivity index (χ4v) is 3.51. The molecule has 0 spiro atoms. The number of hydrogen-bond donors (Lipinski definition) is 1. The van der Waals surface area contributed by atoms with Crippen molar-refractivity contribution in [1.82, 2.24) is 14.7 Å². The fraction of sp³-hybridized carbons (Fsp3) is 0.308. The van der Waals surface area contributed by atoms with Crippen LogP contribution in [0.15, 0.2) is 29.1 Å². The minimum atomic E-state index is 0.328. The summed E-state index contributed by atoms with van der Waals surface area (Å²) >= 11 is 3.39. The molecule has 0 aromatic carbocycles. The molecule has 0 unspecified atom stereocenters. The first-order valence-corrected chi connectivity index (χ1v) is 7.80. The molecule has 0 amide bonds. The first-order valence-electron chi connectivity index (χ1n) is 6.05. The summed E-state index contributed by atoms with van der Waals surface area (Å²) in [6, 6.07) is 4.55. The lowest BCUT2D eigenvalue weighted by atomic mass is 10.2. The molecule has 0 saturated heterocycles. The van der Waals surface area contributed by atoms with Gasteiger partial charge in [-0.3, -0.25) is 4.40 Å². The number of thiophene rings is 1. The number of ether oxygens (including phenoxy) is 1. The largest absolute Gasteiger partial charge is 0.480 e.